The first-order valence-corrected chi connectivity index (χ1v) is 8.68. The summed E-state index contributed by atoms with van der Waals surface area (Å²) in [6.45, 7) is 1.55. The third-order valence-electron chi connectivity index (χ3n) is 4.44. The molecule has 4 heteroatoms. The first-order valence-electron chi connectivity index (χ1n) is 8.68. The minimum atomic E-state index is 0.0147. The number of fused-ring (bicyclic) bond motifs is 1. The van der Waals surface area contributed by atoms with Crippen LogP contribution >= 0.6 is 0 Å². The van der Waals surface area contributed by atoms with Crippen LogP contribution in [0.15, 0.2) is 78.9 Å². The normalized spacial score (nSPS) is 10.7. The van der Waals surface area contributed by atoms with Crippen LogP contribution < -0.4 is 5.32 Å². The number of Topliss-reactive ketones (excluding diaryl/α,β-unsaturated/α-hetero) is 1. The summed E-state index contributed by atoms with van der Waals surface area (Å²) in [5, 5.41) is 14.5. The molecule has 0 amide bonds. The van der Waals surface area contributed by atoms with Gasteiger partial charge in [-0.3, -0.25) is 4.79 Å². The van der Waals surface area contributed by atoms with E-state index in [4.69, 9.17) is 0 Å². The van der Waals surface area contributed by atoms with Crippen LogP contribution in [0.25, 0.3) is 22.2 Å². The molecule has 0 fully saturated rings. The van der Waals surface area contributed by atoms with E-state index in [0.717, 1.165) is 28.0 Å². The zero-order valence-corrected chi connectivity index (χ0v) is 14.8. The maximum absolute atomic E-state index is 11.7. The summed E-state index contributed by atoms with van der Waals surface area (Å²) in [6.07, 6.45) is 0. The Balaban J connectivity index is 1.87. The number of phenols is 1. The van der Waals surface area contributed by atoms with E-state index in [2.05, 4.69) is 10.3 Å². The van der Waals surface area contributed by atoms with E-state index in [0.29, 0.717) is 11.1 Å². The molecule has 4 nitrogen and oxygen atoms in total. The predicted octanol–water partition coefficient (Wildman–Crippen LogP) is 5.55. The third-order valence-corrected chi connectivity index (χ3v) is 4.44. The molecule has 3 aromatic carbocycles. The number of ketones is 1. The zero-order chi connectivity index (χ0) is 18.8. The van der Waals surface area contributed by atoms with Crippen molar-refractivity contribution in [3.63, 3.8) is 0 Å². The third kappa shape index (κ3) is 3.37. The molecule has 4 rings (SSSR count). The fraction of sp³-hybridized carbons (Fsp3) is 0.0435. The number of carbonyl (C=O) groups excluding carboxylic acids is 1. The summed E-state index contributed by atoms with van der Waals surface area (Å²) in [5.74, 6) is 0.145. The van der Waals surface area contributed by atoms with Gasteiger partial charge in [-0.05, 0) is 31.2 Å². The Kier molecular flexibility index (Phi) is 4.30. The van der Waals surface area contributed by atoms with Gasteiger partial charge in [0, 0.05) is 22.2 Å². The molecule has 27 heavy (non-hydrogen) atoms. The molecule has 0 aliphatic carbocycles. The molecule has 0 aliphatic rings. The van der Waals surface area contributed by atoms with Crippen LogP contribution in [0.5, 0.6) is 5.75 Å². The van der Waals surface area contributed by atoms with Crippen molar-refractivity contribution < 1.29 is 9.90 Å². The van der Waals surface area contributed by atoms with Crippen LogP contribution in [-0.2, 0) is 0 Å². The number of carbonyl (C=O) groups is 1. The number of aromatic nitrogens is 1. The van der Waals surface area contributed by atoms with Gasteiger partial charge in [0.2, 0.25) is 0 Å². The van der Waals surface area contributed by atoms with Crippen LogP contribution in [0, 0.1) is 0 Å². The monoisotopic (exact) mass is 354 g/mol. The standard InChI is InChI=1S/C23H18N2O2/c1-15(26)17-9-5-10-18(13-17)24-21-14-20(16-7-3-2-4-8-16)25-23-19(21)11-6-12-22(23)27/h2-14,27H,1H3,(H,24,25). The number of nitrogens with one attached hydrogen (secondary N) is 1. The van der Waals surface area contributed by atoms with Crippen molar-refractivity contribution in [2.45, 2.75) is 6.92 Å². The summed E-state index contributed by atoms with van der Waals surface area (Å²) in [4.78, 5) is 16.3. The van der Waals surface area contributed by atoms with Crippen LogP contribution in [0.1, 0.15) is 17.3 Å². The van der Waals surface area contributed by atoms with Crippen LogP contribution in [0.4, 0.5) is 11.4 Å². The number of hydrogen-bond donors (Lipinski definition) is 2. The predicted molar refractivity (Wildman–Crippen MR) is 109 cm³/mol. The first-order chi connectivity index (χ1) is 13.1. The summed E-state index contributed by atoms with van der Waals surface area (Å²) in [6, 6.07) is 24.5. The van der Waals surface area contributed by atoms with Gasteiger partial charge in [-0.1, -0.05) is 54.6 Å². The lowest BCUT2D eigenvalue weighted by atomic mass is 10.1. The highest BCUT2D eigenvalue weighted by Crippen LogP contribution is 2.34. The SMILES string of the molecule is CC(=O)c1cccc(Nc2cc(-c3ccccc3)nc3c(O)cccc23)c1. The van der Waals surface area contributed by atoms with E-state index >= 15 is 0 Å². The largest absolute Gasteiger partial charge is 0.506 e. The summed E-state index contributed by atoms with van der Waals surface area (Å²) in [5.41, 5.74) is 4.51. The molecule has 0 aliphatic heterocycles. The number of aromatic hydroxyl groups is 1. The molecule has 0 bridgehead atoms. The lowest BCUT2D eigenvalue weighted by molar-refractivity contribution is 0.101. The lowest BCUT2D eigenvalue weighted by Gasteiger charge is -2.13. The highest BCUT2D eigenvalue weighted by molar-refractivity contribution is 5.99. The average Bonchev–Trinajstić information content (AvgIpc) is 2.69. The molecule has 0 radical (unpaired) electrons. The number of anilines is 2. The zero-order valence-electron chi connectivity index (χ0n) is 14.8. The number of hydrogen-bond acceptors (Lipinski definition) is 4. The molecule has 0 spiro atoms. The minimum absolute atomic E-state index is 0.0147. The highest BCUT2D eigenvalue weighted by atomic mass is 16.3. The number of rotatable bonds is 4. The smallest absolute Gasteiger partial charge is 0.159 e. The summed E-state index contributed by atoms with van der Waals surface area (Å²) in [7, 11) is 0. The fourth-order valence-electron chi connectivity index (χ4n) is 3.07. The number of phenolic OH excluding ortho intramolecular Hbond substituents is 1. The van der Waals surface area contributed by atoms with E-state index in [-0.39, 0.29) is 11.5 Å². The van der Waals surface area contributed by atoms with E-state index in [1.807, 2.05) is 60.7 Å². The Bertz CT molecular complexity index is 1140. The second-order valence-corrected chi connectivity index (χ2v) is 6.36. The Hall–Kier alpha value is -3.66. The van der Waals surface area contributed by atoms with E-state index in [9.17, 15) is 9.90 Å². The van der Waals surface area contributed by atoms with Crippen molar-refractivity contribution in [3.05, 3.63) is 84.4 Å². The fourth-order valence-corrected chi connectivity index (χ4v) is 3.07. The van der Waals surface area contributed by atoms with Gasteiger partial charge in [0.25, 0.3) is 0 Å². The van der Waals surface area contributed by atoms with Crippen molar-refractivity contribution in [3.8, 4) is 17.0 Å². The van der Waals surface area contributed by atoms with Gasteiger partial charge < -0.3 is 10.4 Å². The lowest BCUT2D eigenvalue weighted by Crippen LogP contribution is -1.97. The van der Waals surface area contributed by atoms with Gasteiger partial charge in [0.1, 0.15) is 11.3 Å². The van der Waals surface area contributed by atoms with Gasteiger partial charge in [0.05, 0.1) is 11.4 Å². The Morgan fingerprint density at radius 1 is 0.926 bits per heavy atom. The minimum Gasteiger partial charge on any atom is -0.506 e. The molecule has 132 valence electrons. The van der Waals surface area contributed by atoms with Crippen molar-refractivity contribution in [1.29, 1.82) is 0 Å². The van der Waals surface area contributed by atoms with Crippen LogP contribution in [-0.4, -0.2) is 15.9 Å². The molecule has 0 unspecified atom stereocenters. The Morgan fingerprint density at radius 3 is 2.48 bits per heavy atom. The van der Waals surface area contributed by atoms with Crippen molar-refractivity contribution in [2.75, 3.05) is 5.32 Å². The number of benzene rings is 3. The second kappa shape index (κ2) is 6.92. The summed E-state index contributed by atoms with van der Waals surface area (Å²) >= 11 is 0. The van der Waals surface area contributed by atoms with Crippen molar-refractivity contribution in [2.24, 2.45) is 0 Å². The van der Waals surface area contributed by atoms with Gasteiger partial charge in [-0.15, -0.1) is 0 Å². The van der Waals surface area contributed by atoms with Gasteiger partial charge in [-0.2, -0.15) is 0 Å². The molecular formula is C23H18N2O2. The first kappa shape index (κ1) is 16.8. The van der Waals surface area contributed by atoms with Crippen molar-refractivity contribution in [1.82, 2.24) is 4.98 Å². The van der Waals surface area contributed by atoms with Crippen LogP contribution in [0.2, 0.25) is 0 Å². The molecule has 1 aromatic heterocycles. The maximum Gasteiger partial charge on any atom is 0.159 e. The molecule has 0 atom stereocenters. The average molecular weight is 354 g/mol. The highest BCUT2D eigenvalue weighted by Gasteiger charge is 2.11. The number of para-hydroxylation sites is 1. The van der Waals surface area contributed by atoms with Crippen LogP contribution in [0.3, 0.4) is 0 Å². The topological polar surface area (TPSA) is 62.2 Å². The number of nitrogens with zero attached hydrogens (tertiary/aromatic N) is 1. The Morgan fingerprint density at radius 2 is 1.70 bits per heavy atom. The number of pyridine rings is 1. The molecule has 4 aromatic rings. The van der Waals surface area contributed by atoms with Gasteiger partial charge >= 0.3 is 0 Å². The van der Waals surface area contributed by atoms with E-state index in [1.165, 1.54) is 0 Å². The summed E-state index contributed by atoms with van der Waals surface area (Å²) < 4.78 is 0. The molecule has 0 saturated carbocycles. The van der Waals surface area contributed by atoms with E-state index in [1.54, 1.807) is 25.1 Å². The van der Waals surface area contributed by atoms with Crippen molar-refractivity contribution >= 4 is 28.1 Å². The Labute approximate surface area is 157 Å². The van der Waals surface area contributed by atoms with Gasteiger partial charge in [0.15, 0.2) is 5.78 Å². The van der Waals surface area contributed by atoms with Gasteiger partial charge in [-0.25, -0.2) is 4.98 Å². The quantitative estimate of drug-likeness (QED) is 0.471. The van der Waals surface area contributed by atoms with E-state index < -0.39 is 0 Å². The molecular weight excluding hydrogens is 336 g/mol. The molecule has 0 saturated heterocycles. The molecule has 2 N–H and O–H groups in total. The maximum atomic E-state index is 11.7. The molecule has 1 heterocycles. The second-order valence-electron chi connectivity index (χ2n) is 6.36.